The van der Waals surface area contributed by atoms with Gasteiger partial charge in [0.1, 0.15) is 0 Å². The highest BCUT2D eigenvalue weighted by atomic mass is 32.2. The predicted octanol–water partition coefficient (Wildman–Crippen LogP) is 1.11. The molecule has 0 unspecified atom stereocenters. The number of nitriles is 1. The van der Waals surface area contributed by atoms with Gasteiger partial charge >= 0.3 is 0 Å². The number of hydrogen-bond acceptors (Lipinski definition) is 3. The lowest BCUT2D eigenvalue weighted by Gasteiger charge is -2.17. The Morgan fingerprint density at radius 1 is 1.50 bits per heavy atom. The number of rotatable bonds is 5. The minimum absolute atomic E-state index is 0.125. The number of nitrogens with zero attached hydrogens (tertiary/aromatic N) is 2. The van der Waals surface area contributed by atoms with Crippen LogP contribution >= 0.6 is 11.8 Å². The largest absolute Gasteiger partial charge is 0.343 e. The molecule has 0 saturated carbocycles. The number of thioether (sulfide) groups is 1. The Morgan fingerprint density at radius 2 is 2.08 bits per heavy atom. The fourth-order valence-corrected chi connectivity index (χ4v) is 1.40. The van der Waals surface area contributed by atoms with Crippen LogP contribution in [0, 0.1) is 11.3 Å². The van der Waals surface area contributed by atoms with Crippen LogP contribution in [0.25, 0.3) is 0 Å². The number of carbonyl (C=O) groups excluding carboxylic acids is 1. The Hall–Kier alpha value is -0.690. The zero-order valence-corrected chi connectivity index (χ0v) is 8.36. The number of amides is 1. The molecule has 0 aromatic rings. The van der Waals surface area contributed by atoms with Crippen LogP contribution < -0.4 is 0 Å². The van der Waals surface area contributed by atoms with E-state index >= 15 is 0 Å². The van der Waals surface area contributed by atoms with Gasteiger partial charge in [-0.05, 0) is 13.8 Å². The molecule has 68 valence electrons. The van der Waals surface area contributed by atoms with Gasteiger partial charge in [-0.25, -0.2) is 0 Å². The lowest BCUT2D eigenvalue weighted by molar-refractivity contribution is -0.127. The molecule has 12 heavy (non-hydrogen) atoms. The SMILES string of the molecule is CCN(CC)C(=O)CSCC#N. The van der Waals surface area contributed by atoms with E-state index in [9.17, 15) is 4.79 Å². The lowest BCUT2D eigenvalue weighted by atomic mass is 10.5. The number of hydrogen-bond donors (Lipinski definition) is 0. The first-order valence-corrected chi connectivity index (χ1v) is 5.14. The topological polar surface area (TPSA) is 44.1 Å². The van der Waals surface area contributed by atoms with Crippen LogP contribution in [-0.2, 0) is 4.79 Å². The maximum absolute atomic E-state index is 11.3. The monoisotopic (exact) mass is 186 g/mol. The summed E-state index contributed by atoms with van der Waals surface area (Å²) in [4.78, 5) is 13.0. The van der Waals surface area contributed by atoms with Crippen molar-refractivity contribution < 1.29 is 4.79 Å². The van der Waals surface area contributed by atoms with Crippen molar-refractivity contribution >= 4 is 17.7 Å². The second-order valence-corrected chi connectivity index (χ2v) is 3.20. The van der Waals surface area contributed by atoms with E-state index in [4.69, 9.17) is 5.26 Å². The number of carbonyl (C=O) groups is 1. The molecule has 0 atom stereocenters. The van der Waals surface area contributed by atoms with Gasteiger partial charge in [0, 0.05) is 13.1 Å². The lowest BCUT2D eigenvalue weighted by Crippen LogP contribution is -2.31. The molecule has 0 aliphatic carbocycles. The standard InChI is InChI=1S/C8H14N2OS/c1-3-10(4-2)8(11)7-12-6-5-9/h3-4,6-7H2,1-2H3. The van der Waals surface area contributed by atoms with Crippen molar-refractivity contribution in [3.05, 3.63) is 0 Å². The maximum atomic E-state index is 11.3. The van der Waals surface area contributed by atoms with Gasteiger partial charge in [0.05, 0.1) is 17.6 Å². The molecule has 0 fully saturated rings. The van der Waals surface area contributed by atoms with Gasteiger partial charge in [-0.1, -0.05) is 0 Å². The second-order valence-electron chi connectivity index (χ2n) is 2.22. The van der Waals surface area contributed by atoms with Crippen LogP contribution in [-0.4, -0.2) is 35.4 Å². The minimum Gasteiger partial charge on any atom is -0.343 e. The summed E-state index contributed by atoms with van der Waals surface area (Å²) in [6.07, 6.45) is 0. The normalized spacial score (nSPS) is 9.08. The summed E-state index contributed by atoms with van der Waals surface area (Å²) in [6, 6.07) is 1.99. The van der Waals surface area contributed by atoms with Crippen LogP contribution in [0.2, 0.25) is 0 Å². The molecule has 0 aliphatic heterocycles. The molecule has 0 spiro atoms. The first kappa shape index (κ1) is 11.3. The van der Waals surface area contributed by atoms with Crippen molar-refractivity contribution in [3.8, 4) is 6.07 Å². The van der Waals surface area contributed by atoms with E-state index < -0.39 is 0 Å². The molecule has 0 saturated heterocycles. The quantitative estimate of drug-likeness (QED) is 0.604. The first-order valence-electron chi connectivity index (χ1n) is 3.98. The molecular formula is C8H14N2OS. The van der Waals surface area contributed by atoms with Crippen molar-refractivity contribution in [2.75, 3.05) is 24.6 Å². The van der Waals surface area contributed by atoms with Crippen LogP contribution in [0.3, 0.4) is 0 Å². The van der Waals surface area contributed by atoms with Crippen molar-refractivity contribution in [1.82, 2.24) is 4.90 Å². The molecule has 0 bridgehead atoms. The van der Waals surface area contributed by atoms with Gasteiger partial charge in [0.2, 0.25) is 5.91 Å². The highest BCUT2D eigenvalue weighted by Crippen LogP contribution is 2.01. The summed E-state index contributed by atoms with van der Waals surface area (Å²) in [7, 11) is 0. The van der Waals surface area contributed by atoms with Gasteiger partial charge in [0.25, 0.3) is 0 Å². The fraction of sp³-hybridized carbons (Fsp3) is 0.750. The Labute approximate surface area is 77.7 Å². The third-order valence-corrected chi connectivity index (χ3v) is 2.29. The van der Waals surface area contributed by atoms with Crippen molar-refractivity contribution in [2.24, 2.45) is 0 Å². The molecule has 0 aliphatic rings. The van der Waals surface area contributed by atoms with Crippen LogP contribution in [0.1, 0.15) is 13.8 Å². The van der Waals surface area contributed by atoms with E-state index in [0.29, 0.717) is 11.5 Å². The summed E-state index contributed by atoms with van der Waals surface area (Å²) in [5.41, 5.74) is 0. The van der Waals surface area contributed by atoms with Crippen molar-refractivity contribution in [1.29, 1.82) is 5.26 Å². The van der Waals surface area contributed by atoms with Gasteiger partial charge < -0.3 is 4.90 Å². The van der Waals surface area contributed by atoms with Gasteiger partial charge in [-0.15, -0.1) is 11.8 Å². The van der Waals surface area contributed by atoms with E-state index in [0.717, 1.165) is 13.1 Å². The van der Waals surface area contributed by atoms with Gasteiger partial charge in [-0.2, -0.15) is 5.26 Å². The molecule has 0 radical (unpaired) electrons. The molecule has 0 N–H and O–H groups in total. The third-order valence-electron chi connectivity index (χ3n) is 1.51. The van der Waals surface area contributed by atoms with Crippen LogP contribution in [0.4, 0.5) is 0 Å². The summed E-state index contributed by atoms with van der Waals surface area (Å²) >= 11 is 1.37. The van der Waals surface area contributed by atoms with Gasteiger partial charge in [-0.3, -0.25) is 4.79 Å². The first-order chi connectivity index (χ1) is 5.76. The van der Waals surface area contributed by atoms with Crippen molar-refractivity contribution in [3.63, 3.8) is 0 Å². The molecule has 1 amide bonds. The zero-order valence-electron chi connectivity index (χ0n) is 7.54. The molecule has 0 rings (SSSR count). The predicted molar refractivity (Wildman–Crippen MR) is 50.9 cm³/mol. The Kier molecular flexibility index (Phi) is 6.58. The van der Waals surface area contributed by atoms with E-state index in [1.165, 1.54) is 11.8 Å². The highest BCUT2D eigenvalue weighted by molar-refractivity contribution is 8.00. The Morgan fingerprint density at radius 3 is 2.50 bits per heavy atom. The van der Waals surface area contributed by atoms with Crippen LogP contribution in [0.5, 0.6) is 0 Å². The van der Waals surface area contributed by atoms with Gasteiger partial charge in [0.15, 0.2) is 0 Å². The molecular weight excluding hydrogens is 172 g/mol. The minimum atomic E-state index is 0.125. The summed E-state index contributed by atoms with van der Waals surface area (Å²) in [5, 5.41) is 8.24. The Balaban J connectivity index is 3.63. The molecule has 0 heterocycles. The van der Waals surface area contributed by atoms with E-state index in [-0.39, 0.29) is 5.91 Å². The molecule has 0 aromatic heterocycles. The third kappa shape index (κ3) is 4.24. The zero-order chi connectivity index (χ0) is 9.40. The summed E-state index contributed by atoms with van der Waals surface area (Å²) < 4.78 is 0. The molecule has 4 heteroatoms. The smallest absolute Gasteiger partial charge is 0.232 e. The van der Waals surface area contributed by atoms with E-state index in [1.807, 2.05) is 19.9 Å². The summed E-state index contributed by atoms with van der Waals surface area (Å²) in [6.45, 7) is 5.41. The molecule has 3 nitrogen and oxygen atoms in total. The second kappa shape index (κ2) is 6.99. The summed E-state index contributed by atoms with van der Waals surface area (Å²) in [5.74, 6) is 0.947. The van der Waals surface area contributed by atoms with Crippen molar-refractivity contribution in [2.45, 2.75) is 13.8 Å². The Bertz CT molecular complexity index is 172. The maximum Gasteiger partial charge on any atom is 0.232 e. The highest BCUT2D eigenvalue weighted by Gasteiger charge is 2.07. The van der Waals surface area contributed by atoms with E-state index in [2.05, 4.69) is 0 Å². The average Bonchev–Trinajstić information content (AvgIpc) is 2.07. The van der Waals surface area contributed by atoms with Crippen LogP contribution in [0.15, 0.2) is 0 Å². The fourth-order valence-electron chi connectivity index (χ4n) is 0.852. The molecule has 0 aromatic carbocycles. The van der Waals surface area contributed by atoms with E-state index in [1.54, 1.807) is 4.90 Å². The average molecular weight is 186 g/mol.